The van der Waals surface area contributed by atoms with E-state index < -0.39 is 0 Å². The van der Waals surface area contributed by atoms with Crippen LogP contribution in [0, 0.1) is 10.8 Å². The van der Waals surface area contributed by atoms with Crippen molar-refractivity contribution in [3.63, 3.8) is 0 Å². The molecule has 0 radical (unpaired) electrons. The summed E-state index contributed by atoms with van der Waals surface area (Å²) in [6, 6.07) is 1.63. The maximum atomic E-state index is 2.80. The quantitative estimate of drug-likeness (QED) is 0.588. The van der Waals surface area contributed by atoms with E-state index in [1.165, 1.54) is 12.8 Å². The van der Waals surface area contributed by atoms with Gasteiger partial charge in [-0.1, -0.05) is 27.7 Å². The summed E-state index contributed by atoms with van der Waals surface area (Å²) in [6.45, 7) is 16.8. The van der Waals surface area contributed by atoms with Gasteiger partial charge in [-0.3, -0.25) is 4.90 Å². The molecule has 1 nitrogen and oxygen atoms in total. The van der Waals surface area contributed by atoms with Gasteiger partial charge in [0.15, 0.2) is 0 Å². The van der Waals surface area contributed by atoms with Gasteiger partial charge in [0.2, 0.25) is 0 Å². The van der Waals surface area contributed by atoms with Crippen LogP contribution in [0.1, 0.15) is 61.3 Å². The number of fused-ring (bicyclic) bond motifs is 1. The van der Waals surface area contributed by atoms with E-state index >= 15 is 0 Å². The summed E-state index contributed by atoms with van der Waals surface area (Å²) in [4.78, 5) is 2.80. The zero-order valence-corrected chi connectivity index (χ0v) is 11.5. The lowest BCUT2D eigenvalue weighted by Gasteiger charge is -2.45. The first-order valence-electron chi connectivity index (χ1n) is 6.34. The van der Waals surface area contributed by atoms with E-state index in [4.69, 9.17) is 0 Å². The fourth-order valence-corrected chi connectivity index (χ4v) is 3.45. The Morgan fingerprint density at radius 2 is 1.53 bits per heavy atom. The number of rotatable bonds is 0. The lowest BCUT2D eigenvalue weighted by atomic mass is 9.81. The van der Waals surface area contributed by atoms with Crippen LogP contribution < -0.4 is 0 Å². The standard InChI is InChI=1S/C14H27N/c1-12(2,3)10-8-14(7)9-11(14)15(10)13(4,5)6/h10-11H,8-9H2,1-7H3. The first-order valence-corrected chi connectivity index (χ1v) is 6.34. The predicted molar refractivity (Wildman–Crippen MR) is 66.0 cm³/mol. The molecule has 3 atom stereocenters. The minimum Gasteiger partial charge on any atom is -0.291 e. The highest BCUT2D eigenvalue weighted by Gasteiger charge is 2.64. The predicted octanol–water partition coefficient (Wildman–Crippen LogP) is 3.68. The molecule has 1 heteroatoms. The maximum absolute atomic E-state index is 2.80. The number of hydrogen-bond acceptors (Lipinski definition) is 1. The minimum atomic E-state index is 0.330. The van der Waals surface area contributed by atoms with Gasteiger partial charge < -0.3 is 0 Å². The Morgan fingerprint density at radius 3 is 1.87 bits per heavy atom. The summed E-state index contributed by atoms with van der Waals surface area (Å²) in [6.07, 6.45) is 2.83. The molecule has 2 aliphatic rings. The molecule has 0 spiro atoms. The van der Waals surface area contributed by atoms with Crippen molar-refractivity contribution >= 4 is 0 Å². The van der Waals surface area contributed by atoms with Gasteiger partial charge in [0.1, 0.15) is 0 Å². The summed E-state index contributed by atoms with van der Waals surface area (Å²) in [5.74, 6) is 0. The molecule has 0 amide bonds. The Labute approximate surface area is 95.2 Å². The molecule has 2 rings (SSSR count). The summed E-state index contributed by atoms with van der Waals surface area (Å²) in [5, 5.41) is 0. The third-order valence-electron chi connectivity index (χ3n) is 4.41. The fraction of sp³-hybridized carbons (Fsp3) is 1.00. The summed E-state index contributed by atoms with van der Waals surface area (Å²) < 4.78 is 0. The molecule has 1 aliphatic carbocycles. The number of likely N-dealkylation sites (tertiary alicyclic amines) is 1. The van der Waals surface area contributed by atoms with Gasteiger partial charge in [-0.15, -0.1) is 0 Å². The molecule has 1 saturated heterocycles. The first-order chi connectivity index (χ1) is 6.56. The van der Waals surface area contributed by atoms with Crippen LogP contribution in [-0.2, 0) is 0 Å². The molecule has 0 bridgehead atoms. The normalized spacial score (nSPS) is 41.8. The Morgan fingerprint density at radius 1 is 1.00 bits per heavy atom. The second kappa shape index (κ2) is 2.80. The van der Waals surface area contributed by atoms with E-state index in [0.29, 0.717) is 16.4 Å². The van der Waals surface area contributed by atoms with Crippen molar-refractivity contribution in [1.29, 1.82) is 0 Å². The van der Waals surface area contributed by atoms with Crippen LogP contribution in [0.15, 0.2) is 0 Å². The van der Waals surface area contributed by atoms with E-state index in [1.54, 1.807) is 0 Å². The van der Waals surface area contributed by atoms with E-state index in [1.807, 2.05) is 0 Å². The average molecular weight is 209 g/mol. The zero-order valence-electron chi connectivity index (χ0n) is 11.5. The van der Waals surface area contributed by atoms with Crippen molar-refractivity contribution in [2.75, 3.05) is 0 Å². The zero-order chi connectivity index (χ0) is 11.6. The smallest absolute Gasteiger partial charge is 0.0164 e. The monoisotopic (exact) mass is 209 g/mol. The van der Waals surface area contributed by atoms with Crippen LogP contribution in [0.2, 0.25) is 0 Å². The van der Waals surface area contributed by atoms with Crippen LogP contribution >= 0.6 is 0 Å². The minimum absolute atomic E-state index is 0.330. The molecule has 88 valence electrons. The number of piperidine rings is 1. The number of hydrogen-bond donors (Lipinski definition) is 0. The highest BCUT2D eigenvalue weighted by Crippen LogP contribution is 2.63. The van der Waals surface area contributed by atoms with E-state index in [-0.39, 0.29) is 0 Å². The highest BCUT2D eigenvalue weighted by molar-refractivity contribution is 5.18. The topological polar surface area (TPSA) is 3.24 Å². The molecule has 1 heterocycles. The van der Waals surface area contributed by atoms with E-state index in [2.05, 4.69) is 53.4 Å². The Bertz CT molecular complexity index is 268. The summed E-state index contributed by atoms with van der Waals surface area (Å²) in [7, 11) is 0. The Kier molecular flexibility index (Phi) is 2.13. The molecule has 2 fully saturated rings. The molecule has 0 N–H and O–H groups in total. The largest absolute Gasteiger partial charge is 0.291 e. The van der Waals surface area contributed by atoms with E-state index in [9.17, 15) is 0 Å². The second-order valence-electron chi connectivity index (χ2n) is 8.04. The van der Waals surface area contributed by atoms with Crippen molar-refractivity contribution in [3.05, 3.63) is 0 Å². The van der Waals surface area contributed by atoms with Crippen LogP contribution in [0.5, 0.6) is 0 Å². The van der Waals surface area contributed by atoms with Crippen LogP contribution in [0.3, 0.4) is 0 Å². The molecule has 0 aromatic carbocycles. The average Bonchev–Trinajstić information content (AvgIpc) is 2.48. The molecular weight excluding hydrogens is 182 g/mol. The molecule has 1 aliphatic heterocycles. The van der Waals surface area contributed by atoms with Crippen molar-refractivity contribution in [2.45, 2.75) is 78.9 Å². The molecule has 15 heavy (non-hydrogen) atoms. The lowest BCUT2D eigenvalue weighted by molar-refractivity contribution is 0.0362. The van der Waals surface area contributed by atoms with Gasteiger partial charge in [0.25, 0.3) is 0 Å². The highest BCUT2D eigenvalue weighted by atomic mass is 15.3. The van der Waals surface area contributed by atoms with E-state index in [0.717, 1.165) is 12.1 Å². The summed E-state index contributed by atoms with van der Waals surface area (Å²) in [5.41, 5.74) is 1.39. The molecule has 0 aromatic heterocycles. The van der Waals surface area contributed by atoms with Crippen molar-refractivity contribution < 1.29 is 0 Å². The third kappa shape index (κ3) is 1.73. The summed E-state index contributed by atoms with van der Waals surface area (Å²) >= 11 is 0. The Hall–Kier alpha value is -0.0400. The molecule has 1 saturated carbocycles. The van der Waals surface area contributed by atoms with Gasteiger partial charge in [0.05, 0.1) is 0 Å². The van der Waals surface area contributed by atoms with Crippen LogP contribution in [0.25, 0.3) is 0 Å². The maximum Gasteiger partial charge on any atom is 0.0164 e. The van der Waals surface area contributed by atoms with Crippen molar-refractivity contribution in [2.24, 2.45) is 10.8 Å². The van der Waals surface area contributed by atoms with Gasteiger partial charge in [0, 0.05) is 17.6 Å². The van der Waals surface area contributed by atoms with Crippen molar-refractivity contribution in [1.82, 2.24) is 4.90 Å². The first kappa shape index (κ1) is 11.4. The fourth-order valence-electron chi connectivity index (χ4n) is 3.45. The molecule has 3 unspecified atom stereocenters. The lowest BCUT2D eigenvalue weighted by Crippen LogP contribution is -2.51. The SMILES string of the molecule is CC(C)(C)C1CC2(C)CC2N1C(C)(C)C. The van der Waals surface area contributed by atoms with Crippen LogP contribution in [-0.4, -0.2) is 22.5 Å². The van der Waals surface area contributed by atoms with Gasteiger partial charge >= 0.3 is 0 Å². The Balaban J connectivity index is 2.26. The van der Waals surface area contributed by atoms with Gasteiger partial charge in [-0.05, 0) is 44.4 Å². The second-order valence-corrected chi connectivity index (χ2v) is 8.04. The molecular formula is C14H27N. The van der Waals surface area contributed by atoms with Crippen molar-refractivity contribution in [3.8, 4) is 0 Å². The third-order valence-corrected chi connectivity index (χ3v) is 4.41. The number of nitrogens with zero attached hydrogens (tertiary/aromatic N) is 1. The van der Waals surface area contributed by atoms with Gasteiger partial charge in [-0.25, -0.2) is 0 Å². The molecule has 0 aromatic rings. The van der Waals surface area contributed by atoms with Gasteiger partial charge in [-0.2, -0.15) is 0 Å². The van der Waals surface area contributed by atoms with Crippen LogP contribution in [0.4, 0.5) is 0 Å².